The average molecular weight is 389 g/mol. The predicted octanol–water partition coefficient (Wildman–Crippen LogP) is 2.29. The van der Waals surface area contributed by atoms with Gasteiger partial charge in [0.25, 0.3) is 5.91 Å². The van der Waals surface area contributed by atoms with Crippen LogP contribution in [-0.4, -0.2) is 34.3 Å². The van der Waals surface area contributed by atoms with Gasteiger partial charge in [0.2, 0.25) is 5.54 Å². The third-order valence-electron chi connectivity index (χ3n) is 4.89. The van der Waals surface area contributed by atoms with Gasteiger partial charge in [0.1, 0.15) is 5.75 Å². The molecule has 1 atom stereocenters. The standard InChI is InChI=1S/C22H19N3O4/c1-14-3-5-15(6-4-14)9-10-22(20(27)23-21(28)24-22)13-25-12-16-7-8-17(29-2)11-18(16)19(25)26/h3-8,11-12,26H,13H2,1-2H3,(H2,23,24,27,28)/t22-/m1/s1. The van der Waals surface area contributed by atoms with Crippen LogP contribution >= 0.6 is 0 Å². The van der Waals surface area contributed by atoms with Gasteiger partial charge in [-0.2, -0.15) is 0 Å². The van der Waals surface area contributed by atoms with E-state index < -0.39 is 17.5 Å². The van der Waals surface area contributed by atoms with Gasteiger partial charge in [-0.15, -0.1) is 0 Å². The van der Waals surface area contributed by atoms with Crippen LogP contribution in [0.2, 0.25) is 0 Å². The first-order valence-electron chi connectivity index (χ1n) is 8.99. The fourth-order valence-corrected chi connectivity index (χ4v) is 3.27. The van der Waals surface area contributed by atoms with Crippen LogP contribution in [0.15, 0.2) is 48.7 Å². The number of nitrogens with one attached hydrogen (secondary N) is 2. The highest BCUT2D eigenvalue weighted by atomic mass is 16.5. The molecule has 2 heterocycles. The summed E-state index contributed by atoms with van der Waals surface area (Å²) in [6.45, 7) is 1.92. The molecule has 146 valence electrons. The molecule has 0 saturated carbocycles. The number of amides is 3. The highest BCUT2D eigenvalue weighted by Gasteiger charge is 2.46. The lowest BCUT2D eigenvalue weighted by atomic mass is 9.99. The van der Waals surface area contributed by atoms with E-state index in [1.165, 1.54) is 4.57 Å². The molecule has 0 spiro atoms. The largest absolute Gasteiger partial charge is 0.497 e. The number of aromatic nitrogens is 1. The van der Waals surface area contributed by atoms with Crippen LogP contribution in [0.25, 0.3) is 10.8 Å². The van der Waals surface area contributed by atoms with Crippen LogP contribution in [0.5, 0.6) is 11.6 Å². The Bertz CT molecular complexity index is 1180. The van der Waals surface area contributed by atoms with Crippen molar-refractivity contribution in [3.8, 4) is 23.5 Å². The molecule has 0 aliphatic carbocycles. The zero-order valence-corrected chi connectivity index (χ0v) is 15.9. The number of methoxy groups -OCH3 is 1. The minimum Gasteiger partial charge on any atom is -0.497 e. The van der Waals surface area contributed by atoms with Crippen LogP contribution in [0, 0.1) is 18.8 Å². The Morgan fingerprint density at radius 2 is 1.93 bits per heavy atom. The number of carbonyl (C=O) groups is 2. The molecule has 0 radical (unpaired) electrons. The van der Waals surface area contributed by atoms with Crippen LogP contribution in [-0.2, 0) is 11.3 Å². The third-order valence-corrected chi connectivity index (χ3v) is 4.89. The van der Waals surface area contributed by atoms with E-state index >= 15 is 0 Å². The first-order valence-corrected chi connectivity index (χ1v) is 8.99. The molecule has 2 aromatic carbocycles. The van der Waals surface area contributed by atoms with Gasteiger partial charge in [-0.1, -0.05) is 29.5 Å². The first kappa shape index (κ1) is 18.4. The number of hydrogen-bond acceptors (Lipinski definition) is 4. The quantitative estimate of drug-likeness (QED) is 0.473. The van der Waals surface area contributed by atoms with E-state index in [1.54, 1.807) is 25.4 Å². The summed E-state index contributed by atoms with van der Waals surface area (Å²) in [6, 6.07) is 12.2. The second-order valence-electron chi connectivity index (χ2n) is 6.96. The maximum atomic E-state index is 12.6. The Hall–Kier alpha value is -3.92. The molecule has 1 aromatic heterocycles. The van der Waals surface area contributed by atoms with Crippen molar-refractivity contribution in [3.05, 3.63) is 59.8 Å². The molecule has 0 unspecified atom stereocenters. The van der Waals surface area contributed by atoms with Gasteiger partial charge < -0.3 is 19.7 Å². The number of aryl methyl sites for hydroxylation is 1. The molecule has 1 aliphatic heterocycles. The summed E-state index contributed by atoms with van der Waals surface area (Å²) in [5.74, 6) is 5.87. The number of imide groups is 1. The van der Waals surface area contributed by atoms with Crippen LogP contribution in [0.1, 0.15) is 11.1 Å². The summed E-state index contributed by atoms with van der Waals surface area (Å²) < 4.78 is 6.70. The molecule has 3 amide bonds. The van der Waals surface area contributed by atoms with Gasteiger partial charge in [0.15, 0.2) is 5.88 Å². The van der Waals surface area contributed by atoms with Gasteiger partial charge >= 0.3 is 6.03 Å². The molecule has 1 saturated heterocycles. The van der Waals surface area contributed by atoms with E-state index in [9.17, 15) is 14.7 Å². The van der Waals surface area contributed by atoms with E-state index in [0.29, 0.717) is 11.1 Å². The molecule has 3 aromatic rings. The smallest absolute Gasteiger partial charge is 0.323 e. The van der Waals surface area contributed by atoms with Crippen molar-refractivity contribution in [3.63, 3.8) is 0 Å². The fourth-order valence-electron chi connectivity index (χ4n) is 3.27. The Kier molecular flexibility index (Phi) is 4.40. The van der Waals surface area contributed by atoms with E-state index in [-0.39, 0.29) is 12.4 Å². The number of hydrogen-bond donors (Lipinski definition) is 3. The van der Waals surface area contributed by atoms with Gasteiger partial charge in [-0.05, 0) is 37.3 Å². The molecule has 0 bridgehead atoms. The van der Waals surface area contributed by atoms with Crippen molar-refractivity contribution in [1.29, 1.82) is 0 Å². The van der Waals surface area contributed by atoms with Crippen LogP contribution in [0.3, 0.4) is 0 Å². The Labute approximate surface area is 167 Å². The zero-order valence-electron chi connectivity index (χ0n) is 15.9. The maximum Gasteiger partial charge on any atom is 0.323 e. The molecule has 3 N–H and O–H groups in total. The summed E-state index contributed by atoms with van der Waals surface area (Å²) in [7, 11) is 1.54. The fraction of sp³-hybridized carbons (Fsp3) is 0.182. The summed E-state index contributed by atoms with van der Waals surface area (Å²) in [6.07, 6.45) is 1.71. The zero-order chi connectivity index (χ0) is 20.6. The summed E-state index contributed by atoms with van der Waals surface area (Å²) in [5, 5.41) is 16.9. The lowest BCUT2D eigenvalue weighted by molar-refractivity contribution is -0.122. The molecule has 7 nitrogen and oxygen atoms in total. The topological polar surface area (TPSA) is 92.6 Å². The normalized spacial score (nSPS) is 18.1. The number of benzene rings is 2. The molecule has 1 aliphatic rings. The Morgan fingerprint density at radius 1 is 1.17 bits per heavy atom. The second-order valence-corrected chi connectivity index (χ2v) is 6.96. The highest BCUT2D eigenvalue weighted by Crippen LogP contribution is 2.31. The summed E-state index contributed by atoms with van der Waals surface area (Å²) in [4.78, 5) is 24.5. The molecular formula is C22H19N3O4. The third kappa shape index (κ3) is 3.36. The molecule has 7 heteroatoms. The number of rotatable bonds is 3. The van der Waals surface area contributed by atoms with Crippen molar-refractivity contribution in [2.45, 2.75) is 19.0 Å². The minimum atomic E-state index is -1.50. The number of carbonyl (C=O) groups excluding carboxylic acids is 2. The number of urea groups is 1. The van der Waals surface area contributed by atoms with E-state index in [2.05, 4.69) is 22.5 Å². The number of nitrogens with zero attached hydrogens (tertiary/aromatic N) is 1. The Balaban J connectivity index is 1.75. The van der Waals surface area contributed by atoms with Gasteiger partial charge in [-0.25, -0.2) is 4.79 Å². The SMILES string of the molecule is COc1ccc2cn(C[C@@]3(C#Cc4ccc(C)cc4)NC(=O)NC3=O)c(O)c2c1. The van der Waals surface area contributed by atoms with Gasteiger partial charge in [0, 0.05) is 22.5 Å². The lowest BCUT2D eigenvalue weighted by Crippen LogP contribution is -2.49. The summed E-state index contributed by atoms with van der Waals surface area (Å²) >= 11 is 0. The maximum absolute atomic E-state index is 12.6. The second kappa shape index (κ2) is 6.91. The van der Waals surface area contributed by atoms with Crippen molar-refractivity contribution in [2.75, 3.05) is 7.11 Å². The van der Waals surface area contributed by atoms with Crippen LogP contribution < -0.4 is 15.4 Å². The van der Waals surface area contributed by atoms with Crippen molar-refractivity contribution in [2.24, 2.45) is 0 Å². The predicted molar refractivity (Wildman–Crippen MR) is 108 cm³/mol. The van der Waals surface area contributed by atoms with Crippen molar-refractivity contribution >= 4 is 22.7 Å². The number of aromatic hydroxyl groups is 1. The molecule has 1 fully saturated rings. The molecule has 4 rings (SSSR count). The minimum absolute atomic E-state index is 0.0376. The van der Waals surface area contributed by atoms with E-state index in [1.807, 2.05) is 37.3 Å². The van der Waals surface area contributed by atoms with Crippen molar-refractivity contribution < 1.29 is 19.4 Å². The van der Waals surface area contributed by atoms with Crippen LogP contribution in [0.4, 0.5) is 4.79 Å². The Morgan fingerprint density at radius 3 is 2.59 bits per heavy atom. The lowest BCUT2D eigenvalue weighted by Gasteiger charge is -2.20. The molecule has 29 heavy (non-hydrogen) atoms. The monoisotopic (exact) mass is 389 g/mol. The van der Waals surface area contributed by atoms with E-state index in [0.717, 1.165) is 16.5 Å². The first-order chi connectivity index (χ1) is 13.9. The van der Waals surface area contributed by atoms with E-state index in [4.69, 9.17) is 4.74 Å². The number of fused-ring (bicyclic) bond motifs is 1. The molecular weight excluding hydrogens is 370 g/mol. The van der Waals surface area contributed by atoms with Gasteiger partial charge in [0.05, 0.1) is 13.7 Å². The number of ether oxygens (including phenoxy) is 1. The highest BCUT2D eigenvalue weighted by molar-refractivity contribution is 6.09. The van der Waals surface area contributed by atoms with Gasteiger partial charge in [-0.3, -0.25) is 10.1 Å². The average Bonchev–Trinajstić information content (AvgIpc) is 3.16. The summed E-state index contributed by atoms with van der Waals surface area (Å²) in [5.41, 5.74) is 0.311. The van der Waals surface area contributed by atoms with Crippen molar-refractivity contribution in [1.82, 2.24) is 15.2 Å².